The highest BCUT2D eigenvalue weighted by Crippen LogP contribution is 2.55. The standard InChI is InChI=1S/C16H23NO2S/c1-15(2,3)12-7-5-8-13-14(12)17(20(4,18)19)11-16(13)9-6-10-16/h5,7-8H,6,9-11H2,1-4H3. The molecule has 3 rings (SSSR count). The van der Waals surface area contributed by atoms with Crippen molar-refractivity contribution in [3.63, 3.8) is 0 Å². The van der Waals surface area contributed by atoms with Gasteiger partial charge in [0.2, 0.25) is 10.0 Å². The maximum atomic E-state index is 12.2. The Bertz CT molecular complexity index is 652. The van der Waals surface area contributed by atoms with Gasteiger partial charge in [-0.15, -0.1) is 0 Å². The molecule has 1 saturated carbocycles. The van der Waals surface area contributed by atoms with Crippen LogP contribution in [0.15, 0.2) is 18.2 Å². The van der Waals surface area contributed by atoms with Crippen molar-refractivity contribution in [1.82, 2.24) is 0 Å². The molecule has 0 saturated heterocycles. The zero-order valence-corrected chi connectivity index (χ0v) is 13.5. The Morgan fingerprint density at radius 2 is 1.85 bits per heavy atom. The number of anilines is 1. The fourth-order valence-electron chi connectivity index (χ4n) is 3.60. The summed E-state index contributed by atoms with van der Waals surface area (Å²) in [7, 11) is -3.21. The van der Waals surface area contributed by atoms with Crippen LogP contribution in [0.4, 0.5) is 5.69 Å². The Kier molecular flexibility index (Phi) is 2.79. The summed E-state index contributed by atoms with van der Waals surface area (Å²) in [5.41, 5.74) is 3.39. The molecule has 1 aliphatic heterocycles. The summed E-state index contributed by atoms with van der Waals surface area (Å²) < 4.78 is 26.1. The third kappa shape index (κ3) is 1.88. The molecule has 0 unspecified atom stereocenters. The van der Waals surface area contributed by atoms with Gasteiger partial charge in [-0.25, -0.2) is 8.42 Å². The number of fused-ring (bicyclic) bond motifs is 2. The lowest BCUT2D eigenvalue weighted by Crippen LogP contribution is -2.41. The van der Waals surface area contributed by atoms with E-state index in [1.54, 1.807) is 4.31 Å². The lowest BCUT2D eigenvalue weighted by atomic mass is 9.65. The highest BCUT2D eigenvalue weighted by Gasteiger charge is 2.50. The predicted octanol–water partition coefficient (Wildman–Crippen LogP) is 3.19. The van der Waals surface area contributed by atoms with E-state index < -0.39 is 10.0 Å². The minimum absolute atomic E-state index is 0.0520. The van der Waals surface area contributed by atoms with Gasteiger partial charge in [0, 0.05) is 12.0 Å². The number of sulfonamides is 1. The van der Waals surface area contributed by atoms with Crippen LogP contribution >= 0.6 is 0 Å². The normalized spacial score (nSPS) is 20.9. The molecule has 0 bridgehead atoms. The molecule has 4 heteroatoms. The minimum Gasteiger partial charge on any atom is -0.269 e. The van der Waals surface area contributed by atoms with Gasteiger partial charge in [-0.3, -0.25) is 4.31 Å². The maximum Gasteiger partial charge on any atom is 0.232 e. The summed E-state index contributed by atoms with van der Waals surface area (Å²) in [6.45, 7) is 7.08. The van der Waals surface area contributed by atoms with Crippen LogP contribution in [0.3, 0.4) is 0 Å². The average Bonchev–Trinajstić information content (AvgIpc) is 2.61. The lowest BCUT2D eigenvalue weighted by Gasteiger charge is -2.38. The van der Waals surface area contributed by atoms with Crippen molar-refractivity contribution in [3.8, 4) is 0 Å². The molecule has 1 aromatic carbocycles. The topological polar surface area (TPSA) is 37.4 Å². The number of benzene rings is 1. The molecular weight excluding hydrogens is 270 g/mol. The first-order valence-electron chi connectivity index (χ1n) is 7.27. The molecule has 1 aromatic rings. The van der Waals surface area contributed by atoms with Crippen molar-refractivity contribution in [1.29, 1.82) is 0 Å². The summed E-state index contributed by atoms with van der Waals surface area (Å²) in [5.74, 6) is 0. The van der Waals surface area contributed by atoms with Crippen LogP contribution in [0.1, 0.15) is 51.2 Å². The summed E-state index contributed by atoms with van der Waals surface area (Å²) in [4.78, 5) is 0. The van der Waals surface area contributed by atoms with Crippen LogP contribution in [0.25, 0.3) is 0 Å². The van der Waals surface area contributed by atoms with E-state index in [0.29, 0.717) is 6.54 Å². The second-order valence-corrected chi connectivity index (χ2v) is 9.26. The number of para-hydroxylation sites is 1. The molecule has 1 heterocycles. The third-order valence-corrected chi connectivity index (χ3v) is 5.93. The smallest absolute Gasteiger partial charge is 0.232 e. The van der Waals surface area contributed by atoms with Gasteiger partial charge >= 0.3 is 0 Å². The molecule has 0 atom stereocenters. The van der Waals surface area contributed by atoms with Gasteiger partial charge in [0.15, 0.2) is 0 Å². The van der Waals surface area contributed by atoms with E-state index in [2.05, 4.69) is 39.0 Å². The largest absolute Gasteiger partial charge is 0.269 e. The first kappa shape index (κ1) is 13.9. The lowest BCUT2D eigenvalue weighted by molar-refractivity contribution is 0.268. The highest BCUT2D eigenvalue weighted by molar-refractivity contribution is 7.92. The Morgan fingerprint density at radius 3 is 2.30 bits per heavy atom. The van der Waals surface area contributed by atoms with Gasteiger partial charge in [-0.05, 0) is 29.4 Å². The second-order valence-electron chi connectivity index (χ2n) is 7.36. The van der Waals surface area contributed by atoms with Gasteiger partial charge in [0.25, 0.3) is 0 Å². The zero-order valence-electron chi connectivity index (χ0n) is 12.7. The fraction of sp³-hybridized carbons (Fsp3) is 0.625. The number of hydrogen-bond donors (Lipinski definition) is 0. The van der Waals surface area contributed by atoms with E-state index >= 15 is 0 Å². The van der Waals surface area contributed by atoms with Crippen molar-refractivity contribution in [2.45, 2.75) is 50.9 Å². The molecule has 3 nitrogen and oxygen atoms in total. The van der Waals surface area contributed by atoms with Gasteiger partial charge in [0.05, 0.1) is 11.9 Å². The molecular formula is C16H23NO2S. The van der Waals surface area contributed by atoms with Crippen LogP contribution in [-0.2, 0) is 20.9 Å². The van der Waals surface area contributed by atoms with E-state index in [4.69, 9.17) is 0 Å². The summed E-state index contributed by atoms with van der Waals surface area (Å²) in [6.07, 6.45) is 4.75. The number of nitrogens with zero attached hydrogens (tertiary/aromatic N) is 1. The first-order chi connectivity index (χ1) is 9.15. The Hall–Kier alpha value is -1.03. The van der Waals surface area contributed by atoms with E-state index in [9.17, 15) is 8.42 Å². The third-order valence-electron chi connectivity index (χ3n) is 4.82. The molecule has 0 aromatic heterocycles. The van der Waals surface area contributed by atoms with Crippen LogP contribution in [0.5, 0.6) is 0 Å². The van der Waals surface area contributed by atoms with Crippen LogP contribution in [-0.4, -0.2) is 21.2 Å². The van der Waals surface area contributed by atoms with Crippen LogP contribution < -0.4 is 4.31 Å². The summed E-state index contributed by atoms with van der Waals surface area (Å²) in [6, 6.07) is 6.30. The van der Waals surface area contributed by atoms with Crippen LogP contribution in [0, 0.1) is 0 Å². The van der Waals surface area contributed by atoms with Crippen molar-refractivity contribution in [2.24, 2.45) is 0 Å². The average molecular weight is 293 g/mol. The highest BCUT2D eigenvalue weighted by atomic mass is 32.2. The molecule has 1 fully saturated rings. The molecule has 0 radical (unpaired) electrons. The molecule has 0 amide bonds. The second kappa shape index (κ2) is 4.00. The summed E-state index contributed by atoms with van der Waals surface area (Å²) >= 11 is 0. The van der Waals surface area contributed by atoms with Crippen molar-refractivity contribution < 1.29 is 8.42 Å². The van der Waals surface area contributed by atoms with Gasteiger partial charge in [0.1, 0.15) is 0 Å². The van der Waals surface area contributed by atoms with Gasteiger partial charge in [-0.1, -0.05) is 45.4 Å². The SMILES string of the molecule is CC(C)(C)c1cccc2c1N(S(C)(=O)=O)CC21CCC1. The monoisotopic (exact) mass is 293 g/mol. The Balaban J connectivity index is 2.27. The zero-order chi connectivity index (χ0) is 14.8. The Morgan fingerprint density at radius 1 is 1.20 bits per heavy atom. The van der Waals surface area contributed by atoms with Crippen molar-refractivity contribution in [2.75, 3.05) is 17.1 Å². The van der Waals surface area contributed by atoms with E-state index in [1.165, 1.54) is 18.2 Å². The van der Waals surface area contributed by atoms with Crippen molar-refractivity contribution >= 4 is 15.7 Å². The molecule has 110 valence electrons. The van der Waals surface area contributed by atoms with E-state index in [0.717, 1.165) is 24.1 Å². The maximum absolute atomic E-state index is 12.2. The molecule has 0 N–H and O–H groups in total. The molecule has 1 spiro atoms. The van der Waals surface area contributed by atoms with Gasteiger partial charge in [-0.2, -0.15) is 0 Å². The molecule has 2 aliphatic rings. The first-order valence-corrected chi connectivity index (χ1v) is 9.12. The summed E-state index contributed by atoms with van der Waals surface area (Å²) in [5, 5.41) is 0. The number of rotatable bonds is 1. The van der Waals surface area contributed by atoms with Gasteiger partial charge < -0.3 is 0 Å². The van der Waals surface area contributed by atoms with E-state index in [1.807, 2.05) is 0 Å². The quantitative estimate of drug-likeness (QED) is 0.797. The predicted molar refractivity (Wildman–Crippen MR) is 82.9 cm³/mol. The number of hydrogen-bond acceptors (Lipinski definition) is 2. The van der Waals surface area contributed by atoms with Crippen molar-refractivity contribution in [3.05, 3.63) is 29.3 Å². The Labute approximate surface area is 122 Å². The fourth-order valence-corrected chi connectivity index (χ4v) is 4.61. The molecule has 1 aliphatic carbocycles. The molecule has 20 heavy (non-hydrogen) atoms. The minimum atomic E-state index is -3.21. The van der Waals surface area contributed by atoms with Crippen LogP contribution in [0.2, 0.25) is 0 Å². The van der Waals surface area contributed by atoms with E-state index in [-0.39, 0.29) is 10.8 Å².